The maximum Gasteiger partial charge on any atom is 0.276 e. The standard InChI is InChI=1S/C24H22FN5O6S/c25-18-6-3-16(4-7-18)22(32)27-12-11-15-1-8-19(9-2-15)37(35,36)30-23(33)17-5-10-20(28-14-17)24(34)29-21(31)13-26/h1-10,14H,11-13,26H2,(H,27,32)(H,30,33)(H,29,31,34). The second-order valence-electron chi connectivity index (χ2n) is 7.60. The molecule has 0 spiro atoms. The first kappa shape index (κ1) is 27.1. The Balaban J connectivity index is 1.55. The number of benzene rings is 2. The maximum atomic E-state index is 13.0. The van der Waals surface area contributed by atoms with Crippen molar-refractivity contribution in [3.8, 4) is 0 Å². The molecule has 0 unspecified atom stereocenters. The molecule has 192 valence electrons. The monoisotopic (exact) mass is 527 g/mol. The van der Waals surface area contributed by atoms with Crippen molar-refractivity contribution in [3.05, 3.63) is 95.1 Å². The van der Waals surface area contributed by atoms with Crippen molar-refractivity contribution in [3.63, 3.8) is 0 Å². The van der Waals surface area contributed by atoms with E-state index in [1.54, 1.807) is 12.1 Å². The van der Waals surface area contributed by atoms with Crippen LogP contribution in [0.1, 0.15) is 36.8 Å². The van der Waals surface area contributed by atoms with Gasteiger partial charge in [0.05, 0.1) is 17.0 Å². The van der Waals surface area contributed by atoms with Gasteiger partial charge in [0.2, 0.25) is 5.91 Å². The van der Waals surface area contributed by atoms with Crippen LogP contribution in [0.25, 0.3) is 0 Å². The summed E-state index contributed by atoms with van der Waals surface area (Å²) in [6, 6.07) is 13.2. The predicted octanol–water partition coefficient (Wildman–Crippen LogP) is 0.527. The third kappa shape index (κ3) is 7.49. The van der Waals surface area contributed by atoms with Gasteiger partial charge >= 0.3 is 0 Å². The summed E-state index contributed by atoms with van der Waals surface area (Å²) in [7, 11) is -4.21. The van der Waals surface area contributed by atoms with Crippen LogP contribution in [0, 0.1) is 5.82 Å². The van der Waals surface area contributed by atoms with Gasteiger partial charge in [-0.3, -0.25) is 29.5 Å². The molecule has 0 aliphatic heterocycles. The average molecular weight is 528 g/mol. The van der Waals surface area contributed by atoms with E-state index in [1.807, 2.05) is 10.0 Å². The molecule has 0 bridgehead atoms. The third-order valence-corrected chi connectivity index (χ3v) is 6.31. The van der Waals surface area contributed by atoms with Crippen molar-refractivity contribution >= 4 is 33.7 Å². The topological polar surface area (TPSA) is 177 Å². The molecule has 37 heavy (non-hydrogen) atoms. The van der Waals surface area contributed by atoms with Gasteiger partial charge < -0.3 is 11.1 Å². The highest BCUT2D eigenvalue weighted by atomic mass is 32.2. The summed E-state index contributed by atoms with van der Waals surface area (Å²) in [5.41, 5.74) is 5.87. The first-order chi connectivity index (χ1) is 17.6. The van der Waals surface area contributed by atoms with Gasteiger partial charge in [-0.05, 0) is 60.5 Å². The van der Waals surface area contributed by atoms with Gasteiger partial charge in [-0.15, -0.1) is 0 Å². The second kappa shape index (κ2) is 12.0. The number of nitrogens with zero attached hydrogens (tertiary/aromatic N) is 1. The van der Waals surface area contributed by atoms with E-state index in [2.05, 4.69) is 10.3 Å². The number of sulfonamides is 1. The van der Waals surface area contributed by atoms with Crippen LogP contribution in [0.15, 0.2) is 71.8 Å². The highest BCUT2D eigenvalue weighted by molar-refractivity contribution is 7.90. The van der Waals surface area contributed by atoms with Crippen LogP contribution < -0.4 is 21.1 Å². The molecule has 13 heteroatoms. The van der Waals surface area contributed by atoms with Crippen LogP contribution in [-0.4, -0.2) is 50.1 Å². The van der Waals surface area contributed by atoms with Gasteiger partial charge in [-0.25, -0.2) is 17.5 Å². The lowest BCUT2D eigenvalue weighted by Crippen LogP contribution is -2.36. The molecule has 0 aliphatic carbocycles. The molecule has 3 rings (SSSR count). The van der Waals surface area contributed by atoms with Crippen molar-refractivity contribution in [2.24, 2.45) is 5.73 Å². The third-order valence-electron chi connectivity index (χ3n) is 4.96. The molecule has 5 N–H and O–H groups in total. The lowest BCUT2D eigenvalue weighted by atomic mass is 10.1. The Bertz CT molecular complexity index is 1410. The molecule has 3 aromatic rings. The van der Waals surface area contributed by atoms with E-state index >= 15 is 0 Å². The minimum absolute atomic E-state index is 0.126. The largest absolute Gasteiger partial charge is 0.352 e. The van der Waals surface area contributed by atoms with Crippen LogP contribution in [0.2, 0.25) is 0 Å². The van der Waals surface area contributed by atoms with E-state index in [-0.39, 0.29) is 35.1 Å². The zero-order chi connectivity index (χ0) is 27.0. The summed E-state index contributed by atoms with van der Waals surface area (Å²) in [5.74, 6) is -3.30. The number of nitrogens with two attached hydrogens (primary N) is 1. The van der Waals surface area contributed by atoms with Crippen molar-refractivity contribution in [2.45, 2.75) is 11.3 Å². The van der Waals surface area contributed by atoms with Crippen molar-refractivity contribution in [1.82, 2.24) is 20.3 Å². The molecule has 0 saturated heterocycles. The molecular weight excluding hydrogens is 505 g/mol. The highest BCUT2D eigenvalue weighted by Gasteiger charge is 2.20. The number of hydrogen-bond donors (Lipinski definition) is 4. The Kier molecular flexibility index (Phi) is 8.77. The Hall–Kier alpha value is -4.49. The molecule has 0 saturated carbocycles. The van der Waals surface area contributed by atoms with Crippen molar-refractivity contribution < 1.29 is 32.0 Å². The summed E-state index contributed by atoms with van der Waals surface area (Å²) in [5, 5.41) is 4.68. The Morgan fingerprint density at radius 1 is 0.838 bits per heavy atom. The van der Waals surface area contributed by atoms with Crippen LogP contribution in [0.3, 0.4) is 0 Å². The summed E-state index contributed by atoms with van der Waals surface area (Å²) in [4.78, 5) is 51.1. The fourth-order valence-electron chi connectivity index (χ4n) is 3.00. The number of carbonyl (C=O) groups excluding carboxylic acids is 4. The lowest BCUT2D eigenvalue weighted by Gasteiger charge is -2.09. The van der Waals surface area contributed by atoms with Crippen LogP contribution >= 0.6 is 0 Å². The first-order valence-corrected chi connectivity index (χ1v) is 12.3. The van der Waals surface area contributed by atoms with E-state index < -0.39 is 33.6 Å². The molecular formula is C24H22FN5O6S. The summed E-state index contributed by atoms with van der Waals surface area (Å²) in [6.45, 7) is -0.125. The van der Waals surface area contributed by atoms with Gasteiger partial charge in [0.25, 0.3) is 27.7 Å². The van der Waals surface area contributed by atoms with Gasteiger partial charge in [0, 0.05) is 18.3 Å². The van der Waals surface area contributed by atoms with Crippen LogP contribution in [-0.2, 0) is 21.2 Å². The number of hydrogen-bond acceptors (Lipinski definition) is 8. The number of nitrogens with one attached hydrogen (secondary N) is 3. The Morgan fingerprint density at radius 2 is 1.49 bits per heavy atom. The highest BCUT2D eigenvalue weighted by Crippen LogP contribution is 2.12. The second-order valence-corrected chi connectivity index (χ2v) is 9.29. The number of rotatable bonds is 9. The van der Waals surface area contributed by atoms with Crippen LogP contribution in [0.5, 0.6) is 0 Å². The Labute approximate surface area is 211 Å². The summed E-state index contributed by atoms with van der Waals surface area (Å²) < 4.78 is 40.1. The zero-order valence-corrected chi connectivity index (χ0v) is 20.0. The SMILES string of the molecule is NCC(=O)NC(=O)c1ccc(C(=O)NS(=O)(=O)c2ccc(CCNC(=O)c3ccc(F)cc3)cc2)cn1. The van der Waals surface area contributed by atoms with Crippen LogP contribution in [0.4, 0.5) is 4.39 Å². The van der Waals surface area contributed by atoms with Gasteiger partial charge in [-0.1, -0.05) is 12.1 Å². The number of halogens is 1. The van der Waals surface area contributed by atoms with Gasteiger partial charge in [-0.2, -0.15) is 0 Å². The van der Waals surface area contributed by atoms with E-state index in [9.17, 15) is 32.0 Å². The zero-order valence-electron chi connectivity index (χ0n) is 19.2. The normalized spacial score (nSPS) is 10.9. The molecule has 1 aromatic heterocycles. The number of imide groups is 1. The molecule has 0 radical (unpaired) electrons. The first-order valence-electron chi connectivity index (χ1n) is 10.8. The molecule has 0 aliphatic rings. The number of amides is 4. The van der Waals surface area contributed by atoms with E-state index in [4.69, 9.17) is 5.73 Å². The molecule has 11 nitrogen and oxygen atoms in total. The Morgan fingerprint density at radius 3 is 2.08 bits per heavy atom. The van der Waals surface area contributed by atoms with Gasteiger partial charge in [0.15, 0.2) is 0 Å². The maximum absolute atomic E-state index is 13.0. The average Bonchev–Trinajstić information content (AvgIpc) is 2.89. The molecule has 0 atom stereocenters. The van der Waals surface area contributed by atoms with E-state index in [0.29, 0.717) is 12.0 Å². The molecule has 0 fully saturated rings. The number of pyridine rings is 1. The quantitative estimate of drug-likeness (QED) is 0.311. The van der Waals surface area contributed by atoms with E-state index in [0.717, 1.165) is 17.8 Å². The summed E-state index contributed by atoms with van der Waals surface area (Å²) in [6.07, 6.45) is 1.40. The minimum atomic E-state index is -4.21. The molecule has 1 heterocycles. The predicted molar refractivity (Wildman–Crippen MR) is 129 cm³/mol. The van der Waals surface area contributed by atoms with Crippen molar-refractivity contribution in [1.29, 1.82) is 0 Å². The van der Waals surface area contributed by atoms with E-state index in [1.165, 1.54) is 42.5 Å². The lowest BCUT2D eigenvalue weighted by molar-refractivity contribution is -0.118. The number of carbonyl (C=O) groups is 4. The molecule has 4 amide bonds. The van der Waals surface area contributed by atoms with Crippen molar-refractivity contribution in [2.75, 3.05) is 13.1 Å². The fraction of sp³-hybridized carbons (Fsp3) is 0.125. The fourth-order valence-corrected chi connectivity index (χ4v) is 3.98. The smallest absolute Gasteiger partial charge is 0.276 e. The minimum Gasteiger partial charge on any atom is -0.352 e. The van der Waals surface area contributed by atoms with Gasteiger partial charge in [0.1, 0.15) is 11.5 Å². The summed E-state index contributed by atoms with van der Waals surface area (Å²) >= 11 is 0. The number of aromatic nitrogens is 1. The molecule has 2 aromatic carbocycles.